The van der Waals surface area contributed by atoms with Gasteiger partial charge in [-0.2, -0.15) is 0 Å². The molecule has 0 N–H and O–H groups in total. The molecule has 1 nitrogen and oxygen atoms in total. The lowest BCUT2D eigenvalue weighted by atomic mass is 10.1. The number of halogens is 3. The highest BCUT2D eigenvalue weighted by Gasteiger charge is 2.15. The molecule has 1 aromatic rings. The molecular formula is C9H7BrClIO. The predicted molar refractivity (Wildman–Crippen MR) is 66.1 cm³/mol. The van der Waals surface area contributed by atoms with Gasteiger partial charge in [-0.1, -0.05) is 22.0 Å². The summed E-state index contributed by atoms with van der Waals surface area (Å²) in [5, 5.41) is -0.550. The number of carbonyl (C=O) groups is 1. The minimum atomic E-state index is -0.550. The first-order valence-electron chi connectivity index (χ1n) is 3.62. The number of hydrogen-bond acceptors (Lipinski definition) is 1. The Morgan fingerprint density at radius 1 is 1.62 bits per heavy atom. The van der Waals surface area contributed by atoms with Gasteiger partial charge in [0.2, 0.25) is 0 Å². The molecule has 1 unspecified atom stereocenters. The van der Waals surface area contributed by atoms with Gasteiger partial charge in [-0.15, -0.1) is 11.6 Å². The molecule has 0 bridgehead atoms. The highest BCUT2D eigenvalue weighted by molar-refractivity contribution is 14.1. The molecule has 0 aromatic heterocycles. The lowest BCUT2D eigenvalue weighted by Gasteiger charge is -2.08. The zero-order valence-corrected chi connectivity index (χ0v) is 11.4. The molecule has 0 radical (unpaired) electrons. The van der Waals surface area contributed by atoms with E-state index < -0.39 is 5.38 Å². The first-order chi connectivity index (χ1) is 6.02. The van der Waals surface area contributed by atoms with E-state index in [-0.39, 0.29) is 5.78 Å². The number of ketones is 1. The quantitative estimate of drug-likeness (QED) is 0.567. The Labute approximate surface area is 104 Å². The van der Waals surface area contributed by atoms with Crippen LogP contribution in [0, 0.1) is 3.57 Å². The van der Waals surface area contributed by atoms with Crippen LogP contribution in [0.25, 0.3) is 0 Å². The molecule has 4 heteroatoms. The Kier molecular flexibility index (Phi) is 4.19. The molecule has 0 amide bonds. The molecule has 0 fully saturated rings. The molecule has 0 aliphatic heterocycles. The van der Waals surface area contributed by atoms with Crippen molar-refractivity contribution in [2.24, 2.45) is 0 Å². The van der Waals surface area contributed by atoms with Crippen LogP contribution in [0.15, 0.2) is 22.7 Å². The first kappa shape index (κ1) is 11.5. The third-order valence-corrected chi connectivity index (χ3v) is 3.49. The standard InChI is InChI=1S/C9H7BrClIO/c1-5(13)9(11)7-3-2-6(12)4-8(7)10/h2-4,9H,1H3. The summed E-state index contributed by atoms with van der Waals surface area (Å²) in [4.78, 5) is 11.0. The summed E-state index contributed by atoms with van der Waals surface area (Å²) in [6.45, 7) is 1.49. The maximum atomic E-state index is 11.0. The lowest BCUT2D eigenvalue weighted by molar-refractivity contribution is -0.116. The van der Waals surface area contributed by atoms with E-state index in [4.69, 9.17) is 11.6 Å². The molecule has 1 atom stereocenters. The molecule has 0 aliphatic rings. The molecule has 0 aliphatic carbocycles. The number of hydrogen-bond donors (Lipinski definition) is 0. The van der Waals surface area contributed by atoms with Gasteiger partial charge in [0.15, 0.2) is 5.78 Å². The van der Waals surface area contributed by atoms with Crippen molar-refractivity contribution in [3.63, 3.8) is 0 Å². The van der Waals surface area contributed by atoms with Gasteiger partial charge in [0.25, 0.3) is 0 Å². The van der Waals surface area contributed by atoms with E-state index in [1.54, 1.807) is 0 Å². The Bertz CT molecular complexity index is 340. The van der Waals surface area contributed by atoms with Crippen molar-refractivity contribution in [1.29, 1.82) is 0 Å². The highest BCUT2D eigenvalue weighted by Crippen LogP contribution is 2.29. The van der Waals surface area contributed by atoms with Crippen molar-refractivity contribution in [2.75, 3.05) is 0 Å². The van der Waals surface area contributed by atoms with Crippen LogP contribution in [-0.2, 0) is 4.79 Å². The zero-order chi connectivity index (χ0) is 10.0. The second-order valence-corrected chi connectivity index (χ2v) is 5.18. The van der Waals surface area contributed by atoms with Gasteiger partial charge in [0.1, 0.15) is 5.38 Å². The SMILES string of the molecule is CC(=O)C(Cl)c1ccc(I)cc1Br. The predicted octanol–water partition coefficient (Wildman–Crippen LogP) is 3.92. The fraction of sp³-hybridized carbons (Fsp3) is 0.222. The van der Waals surface area contributed by atoms with Gasteiger partial charge >= 0.3 is 0 Å². The second-order valence-electron chi connectivity index (χ2n) is 2.64. The molecule has 0 heterocycles. The van der Waals surface area contributed by atoms with E-state index in [9.17, 15) is 4.79 Å². The molecule has 1 rings (SSSR count). The molecular weight excluding hydrogens is 366 g/mol. The van der Waals surface area contributed by atoms with Gasteiger partial charge in [-0.25, -0.2) is 0 Å². The van der Waals surface area contributed by atoms with E-state index in [0.717, 1.165) is 13.6 Å². The largest absolute Gasteiger partial charge is 0.298 e. The second kappa shape index (κ2) is 4.75. The molecule has 0 saturated carbocycles. The third kappa shape index (κ3) is 2.92. The molecule has 0 saturated heterocycles. The topological polar surface area (TPSA) is 17.1 Å². The fourth-order valence-electron chi connectivity index (χ4n) is 0.926. The first-order valence-corrected chi connectivity index (χ1v) is 5.92. The number of Topliss-reactive ketones (excluding diaryl/α,β-unsaturated/α-hetero) is 1. The van der Waals surface area contributed by atoms with E-state index in [2.05, 4.69) is 38.5 Å². The van der Waals surface area contributed by atoms with E-state index >= 15 is 0 Å². The van der Waals surface area contributed by atoms with Gasteiger partial charge in [-0.05, 0) is 47.2 Å². The average Bonchev–Trinajstić information content (AvgIpc) is 2.03. The van der Waals surface area contributed by atoms with E-state index in [0.29, 0.717) is 0 Å². The minimum Gasteiger partial charge on any atom is -0.298 e. The van der Waals surface area contributed by atoms with Crippen molar-refractivity contribution in [3.05, 3.63) is 31.8 Å². The van der Waals surface area contributed by atoms with Crippen LogP contribution in [0.2, 0.25) is 0 Å². The van der Waals surface area contributed by atoms with Crippen LogP contribution in [0.4, 0.5) is 0 Å². The number of alkyl halides is 1. The van der Waals surface area contributed by atoms with Gasteiger partial charge in [0.05, 0.1) is 0 Å². The normalized spacial score (nSPS) is 12.6. The maximum absolute atomic E-state index is 11.0. The molecule has 13 heavy (non-hydrogen) atoms. The van der Waals surface area contributed by atoms with Crippen molar-refractivity contribution >= 4 is 55.9 Å². The highest BCUT2D eigenvalue weighted by atomic mass is 127. The number of rotatable bonds is 2. The molecule has 1 aromatic carbocycles. The lowest BCUT2D eigenvalue weighted by Crippen LogP contribution is -2.02. The summed E-state index contributed by atoms with van der Waals surface area (Å²) in [5.41, 5.74) is 0.828. The van der Waals surface area contributed by atoms with E-state index in [1.165, 1.54) is 6.92 Å². The van der Waals surface area contributed by atoms with Crippen LogP contribution in [-0.4, -0.2) is 5.78 Å². The summed E-state index contributed by atoms with van der Waals surface area (Å²) >= 11 is 11.5. The van der Waals surface area contributed by atoms with Crippen LogP contribution >= 0.6 is 50.1 Å². The van der Waals surface area contributed by atoms with Crippen LogP contribution in [0.5, 0.6) is 0 Å². The summed E-state index contributed by atoms with van der Waals surface area (Å²) in [6, 6.07) is 5.73. The molecule has 70 valence electrons. The van der Waals surface area contributed by atoms with E-state index in [1.807, 2.05) is 18.2 Å². The summed E-state index contributed by atoms with van der Waals surface area (Å²) in [6.07, 6.45) is 0. The monoisotopic (exact) mass is 372 g/mol. The number of carbonyl (C=O) groups excluding carboxylic acids is 1. The molecule has 0 spiro atoms. The Morgan fingerprint density at radius 2 is 2.23 bits per heavy atom. The Hall–Kier alpha value is 0.390. The fourth-order valence-corrected chi connectivity index (χ4v) is 2.77. The van der Waals surface area contributed by atoms with Gasteiger partial charge in [0, 0.05) is 8.04 Å². The van der Waals surface area contributed by atoms with Crippen LogP contribution in [0.1, 0.15) is 17.9 Å². The average molecular weight is 373 g/mol. The maximum Gasteiger partial charge on any atom is 0.152 e. The smallest absolute Gasteiger partial charge is 0.152 e. The van der Waals surface area contributed by atoms with Crippen LogP contribution in [0.3, 0.4) is 0 Å². The number of benzene rings is 1. The Morgan fingerprint density at radius 3 is 2.69 bits per heavy atom. The summed E-state index contributed by atoms with van der Waals surface area (Å²) in [5.74, 6) is -0.0384. The summed E-state index contributed by atoms with van der Waals surface area (Å²) < 4.78 is 2.00. The van der Waals surface area contributed by atoms with Crippen LogP contribution < -0.4 is 0 Å². The minimum absolute atomic E-state index is 0.0384. The van der Waals surface area contributed by atoms with Crippen molar-refractivity contribution in [3.8, 4) is 0 Å². The third-order valence-electron chi connectivity index (χ3n) is 1.59. The van der Waals surface area contributed by atoms with Crippen molar-refractivity contribution in [2.45, 2.75) is 12.3 Å². The van der Waals surface area contributed by atoms with Crippen molar-refractivity contribution < 1.29 is 4.79 Å². The van der Waals surface area contributed by atoms with Gasteiger partial charge < -0.3 is 0 Å². The summed E-state index contributed by atoms with van der Waals surface area (Å²) in [7, 11) is 0. The zero-order valence-electron chi connectivity index (χ0n) is 6.85. The Balaban J connectivity index is 3.08. The van der Waals surface area contributed by atoms with Crippen molar-refractivity contribution in [1.82, 2.24) is 0 Å². The van der Waals surface area contributed by atoms with Gasteiger partial charge in [-0.3, -0.25) is 4.79 Å².